The topological polar surface area (TPSA) is 119 Å². The lowest BCUT2D eigenvalue weighted by Crippen LogP contribution is -2.18. The van der Waals surface area contributed by atoms with E-state index in [2.05, 4.69) is 15.2 Å². The van der Waals surface area contributed by atoms with E-state index >= 15 is 0 Å². The number of hydrogen-bond donors (Lipinski definition) is 2. The van der Waals surface area contributed by atoms with Gasteiger partial charge in [-0.2, -0.15) is 0 Å². The molecule has 3 aromatic rings. The molecule has 2 aromatic heterocycles. The van der Waals surface area contributed by atoms with Crippen molar-refractivity contribution in [3.05, 3.63) is 39.4 Å². The first-order chi connectivity index (χ1) is 12.6. The van der Waals surface area contributed by atoms with Crippen molar-refractivity contribution in [2.24, 2.45) is 0 Å². The highest BCUT2D eigenvalue weighted by molar-refractivity contribution is 5.94. The molecule has 0 radical (unpaired) electrons. The van der Waals surface area contributed by atoms with Gasteiger partial charge in [0.05, 0.1) is 23.2 Å². The summed E-state index contributed by atoms with van der Waals surface area (Å²) in [5.74, 6) is -0.243. The summed E-state index contributed by atoms with van der Waals surface area (Å²) in [5, 5.41) is 17.8. The van der Waals surface area contributed by atoms with Crippen molar-refractivity contribution >= 4 is 22.6 Å². The van der Waals surface area contributed by atoms with Gasteiger partial charge in [-0.25, -0.2) is 4.79 Å². The molecule has 0 amide bonds. The number of carbonyl (C=O) groups is 1. The molecule has 0 saturated carbocycles. The minimum atomic E-state index is -1.08. The molecule has 1 aromatic carbocycles. The van der Waals surface area contributed by atoms with Crippen LogP contribution in [-0.2, 0) is 16.1 Å². The van der Waals surface area contributed by atoms with Crippen LogP contribution in [0.1, 0.15) is 40.5 Å². The molecule has 136 valence electrons. The van der Waals surface area contributed by atoms with Gasteiger partial charge in [-0.1, -0.05) is 0 Å². The third-order valence-corrected chi connectivity index (χ3v) is 4.72. The number of carboxylic acids is 1. The predicted molar refractivity (Wildman–Crippen MR) is 91.6 cm³/mol. The first-order valence-corrected chi connectivity index (χ1v) is 8.34. The fraction of sp³-hybridized carbons (Fsp3) is 0.412. The molecule has 26 heavy (non-hydrogen) atoms. The van der Waals surface area contributed by atoms with Crippen LogP contribution in [0.15, 0.2) is 16.9 Å². The second-order valence-corrected chi connectivity index (χ2v) is 6.32. The molecule has 0 unspecified atom stereocenters. The Morgan fingerprint density at radius 3 is 2.85 bits per heavy atom. The number of fused-ring (bicyclic) bond motifs is 3. The number of rotatable bonds is 4. The van der Waals surface area contributed by atoms with E-state index in [-0.39, 0.29) is 23.7 Å². The Bertz CT molecular complexity index is 1050. The number of H-pyrrole nitrogens is 1. The van der Waals surface area contributed by atoms with Gasteiger partial charge in [-0.15, -0.1) is 10.2 Å². The first-order valence-electron chi connectivity index (χ1n) is 8.34. The standard InChI is InChI=1S/C17H18N4O5/c1-25-8-10-6-13-12(7-11(10)17(23)24)18-16(22)15-20-19-14(21(13)15)9-2-4-26-5-3-9/h6-7,9H,2-5,8H2,1H3,(H,18,22)(H,23,24). The Morgan fingerprint density at radius 2 is 2.15 bits per heavy atom. The van der Waals surface area contributed by atoms with Crippen LogP contribution in [0.2, 0.25) is 0 Å². The van der Waals surface area contributed by atoms with Gasteiger partial charge in [0.2, 0.25) is 5.65 Å². The fourth-order valence-corrected chi connectivity index (χ4v) is 3.47. The molecule has 3 heterocycles. The first kappa shape index (κ1) is 16.7. The van der Waals surface area contributed by atoms with E-state index in [9.17, 15) is 14.7 Å². The molecule has 9 heteroatoms. The molecule has 0 spiro atoms. The van der Waals surface area contributed by atoms with Gasteiger partial charge in [0.25, 0.3) is 5.56 Å². The molecule has 0 atom stereocenters. The Hall–Kier alpha value is -2.78. The van der Waals surface area contributed by atoms with Crippen LogP contribution < -0.4 is 5.56 Å². The number of ether oxygens (including phenoxy) is 2. The van der Waals surface area contributed by atoms with Crippen molar-refractivity contribution in [3.63, 3.8) is 0 Å². The summed E-state index contributed by atoms with van der Waals surface area (Å²) in [6, 6.07) is 3.18. The molecule has 4 rings (SSSR count). The number of nitrogens with zero attached hydrogens (tertiary/aromatic N) is 3. The Kier molecular flexibility index (Phi) is 4.17. The molecule has 1 aliphatic heterocycles. The summed E-state index contributed by atoms with van der Waals surface area (Å²) in [4.78, 5) is 26.7. The molecule has 2 N–H and O–H groups in total. The van der Waals surface area contributed by atoms with E-state index in [4.69, 9.17) is 9.47 Å². The molecule has 0 bridgehead atoms. The Morgan fingerprint density at radius 1 is 1.38 bits per heavy atom. The van der Waals surface area contributed by atoms with Gasteiger partial charge in [0.1, 0.15) is 5.82 Å². The fourth-order valence-electron chi connectivity index (χ4n) is 3.47. The maximum absolute atomic E-state index is 12.4. The van der Waals surface area contributed by atoms with Gasteiger partial charge >= 0.3 is 5.97 Å². The van der Waals surface area contributed by atoms with E-state index in [1.807, 2.05) is 0 Å². The van der Waals surface area contributed by atoms with Gasteiger partial charge in [-0.3, -0.25) is 9.20 Å². The van der Waals surface area contributed by atoms with Crippen LogP contribution in [-0.4, -0.2) is 51.0 Å². The zero-order valence-corrected chi connectivity index (χ0v) is 14.2. The van der Waals surface area contributed by atoms with Crippen LogP contribution >= 0.6 is 0 Å². The lowest BCUT2D eigenvalue weighted by molar-refractivity contribution is 0.0692. The van der Waals surface area contributed by atoms with Crippen LogP contribution in [0.5, 0.6) is 0 Å². The van der Waals surface area contributed by atoms with Crippen LogP contribution in [0.4, 0.5) is 0 Å². The van der Waals surface area contributed by atoms with E-state index in [0.717, 1.165) is 12.8 Å². The highest BCUT2D eigenvalue weighted by Crippen LogP contribution is 2.28. The SMILES string of the molecule is COCc1cc2c(cc1C(=O)O)[nH]c(=O)c1nnc(C3CCOCC3)n12. The summed E-state index contributed by atoms with van der Waals surface area (Å²) >= 11 is 0. The number of aromatic nitrogens is 4. The van der Waals surface area contributed by atoms with Gasteiger partial charge < -0.3 is 19.6 Å². The minimum Gasteiger partial charge on any atom is -0.478 e. The number of benzene rings is 1. The molecular weight excluding hydrogens is 340 g/mol. The second kappa shape index (κ2) is 6.50. The quantitative estimate of drug-likeness (QED) is 0.721. The lowest BCUT2D eigenvalue weighted by atomic mass is 9.99. The number of methoxy groups -OCH3 is 1. The summed E-state index contributed by atoms with van der Waals surface area (Å²) in [5.41, 5.74) is 1.49. The number of nitrogens with one attached hydrogen (secondary N) is 1. The third kappa shape index (κ3) is 2.65. The monoisotopic (exact) mass is 358 g/mol. The van der Waals surface area contributed by atoms with Crippen molar-refractivity contribution < 1.29 is 19.4 Å². The summed E-state index contributed by atoms with van der Waals surface area (Å²) in [6.45, 7) is 1.42. The zero-order chi connectivity index (χ0) is 18.3. The van der Waals surface area contributed by atoms with E-state index in [0.29, 0.717) is 35.6 Å². The predicted octanol–water partition coefficient (Wildman–Crippen LogP) is 1.31. The van der Waals surface area contributed by atoms with E-state index in [1.165, 1.54) is 13.2 Å². The van der Waals surface area contributed by atoms with Crippen LogP contribution in [0.3, 0.4) is 0 Å². The minimum absolute atomic E-state index is 0.0926. The average Bonchev–Trinajstić information content (AvgIpc) is 3.09. The van der Waals surface area contributed by atoms with Crippen molar-refractivity contribution in [2.45, 2.75) is 25.4 Å². The van der Waals surface area contributed by atoms with Crippen molar-refractivity contribution in [1.29, 1.82) is 0 Å². The molecule has 1 fully saturated rings. The number of hydrogen-bond acceptors (Lipinski definition) is 6. The van der Waals surface area contributed by atoms with Crippen molar-refractivity contribution in [1.82, 2.24) is 19.6 Å². The highest BCUT2D eigenvalue weighted by Gasteiger charge is 2.24. The maximum Gasteiger partial charge on any atom is 0.336 e. The Labute approximate surface area is 147 Å². The van der Waals surface area contributed by atoms with Gasteiger partial charge in [-0.05, 0) is 30.5 Å². The smallest absolute Gasteiger partial charge is 0.336 e. The number of aromatic carboxylic acids is 1. The number of carboxylic acid groups (broad SMARTS) is 1. The lowest BCUT2D eigenvalue weighted by Gasteiger charge is -2.21. The number of aromatic amines is 1. The summed E-state index contributed by atoms with van der Waals surface area (Å²) in [6.07, 6.45) is 1.60. The largest absolute Gasteiger partial charge is 0.478 e. The van der Waals surface area contributed by atoms with Gasteiger partial charge in [0.15, 0.2) is 0 Å². The molecule has 0 aliphatic carbocycles. The molecule has 9 nitrogen and oxygen atoms in total. The Balaban J connectivity index is 2.03. The highest BCUT2D eigenvalue weighted by atomic mass is 16.5. The van der Waals surface area contributed by atoms with Crippen molar-refractivity contribution in [2.75, 3.05) is 20.3 Å². The van der Waals surface area contributed by atoms with Crippen LogP contribution in [0.25, 0.3) is 16.7 Å². The summed E-state index contributed by atoms with van der Waals surface area (Å²) in [7, 11) is 1.50. The summed E-state index contributed by atoms with van der Waals surface area (Å²) < 4.78 is 12.3. The van der Waals surface area contributed by atoms with E-state index < -0.39 is 11.5 Å². The van der Waals surface area contributed by atoms with Gasteiger partial charge in [0, 0.05) is 26.2 Å². The molecule has 1 aliphatic rings. The zero-order valence-electron chi connectivity index (χ0n) is 14.2. The van der Waals surface area contributed by atoms with Crippen molar-refractivity contribution in [3.8, 4) is 0 Å². The van der Waals surface area contributed by atoms with Crippen LogP contribution in [0, 0.1) is 0 Å². The average molecular weight is 358 g/mol. The van der Waals surface area contributed by atoms with E-state index in [1.54, 1.807) is 10.5 Å². The third-order valence-electron chi connectivity index (χ3n) is 4.72. The second-order valence-electron chi connectivity index (χ2n) is 6.32. The molecule has 1 saturated heterocycles. The maximum atomic E-state index is 12.4. The molecular formula is C17H18N4O5. The normalized spacial score (nSPS) is 15.7.